The van der Waals surface area contributed by atoms with Crippen molar-refractivity contribution in [3.8, 4) is 0 Å². The minimum absolute atomic E-state index is 0.0259. The number of likely N-dealkylation sites (tertiary alicyclic amines) is 1. The van der Waals surface area contributed by atoms with Gasteiger partial charge in [-0.2, -0.15) is 0 Å². The van der Waals surface area contributed by atoms with Crippen LogP contribution in [0, 0.1) is 11.6 Å². The van der Waals surface area contributed by atoms with Crippen molar-refractivity contribution in [3.05, 3.63) is 53.1 Å². The number of sulfonamides is 1. The molecule has 2 atom stereocenters. The number of alkyl halides is 1. The molecule has 216 valence electrons. The third kappa shape index (κ3) is 5.25. The van der Waals surface area contributed by atoms with Gasteiger partial charge in [-0.25, -0.2) is 26.4 Å². The van der Waals surface area contributed by atoms with E-state index in [4.69, 9.17) is 4.74 Å². The average molecular weight is 580 g/mol. The number of rotatable bonds is 5. The lowest BCUT2D eigenvalue weighted by molar-refractivity contribution is -0.125. The standard InChI is InChI=1S/C28H32F3N3O5S/c1-27(2,3)39-26(36)34-10-7-22(21(31)15-34)32-23-13-17(12-19-18(23)14-25(35)28(19)8-4-9-28)33-40(37,38)24-6-5-16(29)11-20(24)30/h5-6,11-13,21-22,32-33H,4,7-10,14-15H2,1-3H3. The predicted octanol–water partition coefficient (Wildman–Crippen LogP) is 5.07. The number of ether oxygens (including phenoxy) is 1. The van der Waals surface area contributed by atoms with Gasteiger partial charge in [-0.3, -0.25) is 9.52 Å². The molecule has 1 aliphatic heterocycles. The van der Waals surface area contributed by atoms with E-state index in [1.54, 1.807) is 26.8 Å². The first-order chi connectivity index (χ1) is 18.7. The number of anilines is 2. The number of carbonyl (C=O) groups is 2. The van der Waals surface area contributed by atoms with E-state index in [-0.39, 0.29) is 37.4 Å². The molecular weight excluding hydrogens is 547 g/mol. The summed E-state index contributed by atoms with van der Waals surface area (Å²) in [5.41, 5.74) is 0.407. The molecule has 2 aliphatic carbocycles. The van der Waals surface area contributed by atoms with Gasteiger partial charge in [-0.1, -0.05) is 6.42 Å². The maximum Gasteiger partial charge on any atom is 0.410 e. The van der Waals surface area contributed by atoms with Crippen LogP contribution < -0.4 is 10.0 Å². The summed E-state index contributed by atoms with van der Waals surface area (Å²) < 4.78 is 76.8. The molecule has 12 heteroatoms. The highest BCUT2D eigenvalue weighted by Crippen LogP contribution is 2.53. The van der Waals surface area contributed by atoms with Crippen LogP contribution in [-0.4, -0.2) is 56.1 Å². The number of carbonyl (C=O) groups excluding carboxylic acids is 2. The van der Waals surface area contributed by atoms with Crippen molar-refractivity contribution < 1.29 is 35.9 Å². The van der Waals surface area contributed by atoms with E-state index in [0.29, 0.717) is 35.7 Å². The summed E-state index contributed by atoms with van der Waals surface area (Å²) in [6.45, 7) is 5.25. The third-order valence-electron chi connectivity index (χ3n) is 7.81. The summed E-state index contributed by atoms with van der Waals surface area (Å²) in [4.78, 5) is 26.1. The van der Waals surface area contributed by atoms with E-state index in [0.717, 1.165) is 18.6 Å². The van der Waals surface area contributed by atoms with Crippen molar-refractivity contribution in [1.82, 2.24) is 4.90 Å². The number of fused-ring (bicyclic) bond motifs is 2. The van der Waals surface area contributed by atoms with Gasteiger partial charge in [0.1, 0.15) is 34.1 Å². The largest absolute Gasteiger partial charge is 0.444 e. The van der Waals surface area contributed by atoms with Crippen molar-refractivity contribution in [3.63, 3.8) is 0 Å². The molecule has 2 N–H and O–H groups in total. The molecule has 0 aromatic heterocycles. The normalized spacial score (nSPS) is 22.1. The van der Waals surface area contributed by atoms with E-state index in [9.17, 15) is 26.8 Å². The Hall–Kier alpha value is -3.28. The van der Waals surface area contributed by atoms with Crippen LogP contribution in [0.4, 0.5) is 29.3 Å². The molecule has 3 aliphatic rings. The number of halogens is 3. The van der Waals surface area contributed by atoms with Gasteiger partial charge in [0.25, 0.3) is 10.0 Å². The molecule has 1 spiro atoms. The first kappa shape index (κ1) is 28.3. The van der Waals surface area contributed by atoms with Crippen LogP contribution in [0.5, 0.6) is 0 Å². The van der Waals surface area contributed by atoms with Gasteiger partial charge in [-0.05, 0) is 75.4 Å². The fourth-order valence-corrected chi connectivity index (χ4v) is 6.80. The molecule has 2 aromatic carbocycles. The number of Topliss-reactive ketones (excluding diaryl/α,β-unsaturated/α-hetero) is 1. The van der Waals surface area contributed by atoms with E-state index in [1.165, 1.54) is 11.0 Å². The molecule has 1 amide bonds. The maximum absolute atomic E-state index is 15.3. The molecule has 1 saturated carbocycles. The second kappa shape index (κ2) is 9.97. The zero-order chi connectivity index (χ0) is 29.0. The number of hydrogen-bond acceptors (Lipinski definition) is 6. The molecule has 2 aromatic rings. The number of amides is 1. The smallest absolute Gasteiger partial charge is 0.410 e. The summed E-state index contributed by atoms with van der Waals surface area (Å²) in [5.74, 6) is -2.13. The van der Waals surface area contributed by atoms with Crippen molar-refractivity contribution >= 4 is 33.3 Å². The number of ketones is 1. The van der Waals surface area contributed by atoms with Crippen molar-refractivity contribution in [2.75, 3.05) is 23.1 Å². The minimum Gasteiger partial charge on any atom is -0.444 e. The van der Waals surface area contributed by atoms with Gasteiger partial charge in [0.15, 0.2) is 0 Å². The summed E-state index contributed by atoms with van der Waals surface area (Å²) >= 11 is 0. The third-order valence-corrected chi connectivity index (χ3v) is 9.23. The molecule has 8 nitrogen and oxygen atoms in total. The Morgan fingerprint density at radius 2 is 1.88 bits per heavy atom. The van der Waals surface area contributed by atoms with Crippen LogP contribution in [0.1, 0.15) is 57.6 Å². The molecule has 1 saturated heterocycles. The zero-order valence-electron chi connectivity index (χ0n) is 22.5. The van der Waals surface area contributed by atoms with E-state index in [2.05, 4.69) is 10.0 Å². The average Bonchev–Trinajstić information content (AvgIpc) is 3.11. The Kier molecular flexibility index (Phi) is 7.04. The molecule has 2 unspecified atom stereocenters. The molecule has 1 heterocycles. The summed E-state index contributed by atoms with van der Waals surface area (Å²) in [6, 6.07) is 4.51. The SMILES string of the molecule is CC(C)(C)OC(=O)N1CCC(Nc2cc(NS(=O)(=O)c3ccc(F)cc3F)cc3c2CC(=O)C32CCC2)C(F)C1. The Morgan fingerprint density at radius 1 is 1.15 bits per heavy atom. The number of nitrogens with one attached hydrogen (secondary N) is 2. The first-order valence-electron chi connectivity index (χ1n) is 13.3. The lowest BCUT2D eigenvalue weighted by atomic mass is 9.64. The number of benzene rings is 2. The van der Waals surface area contributed by atoms with E-state index < -0.39 is 55.9 Å². The minimum atomic E-state index is -4.45. The van der Waals surface area contributed by atoms with E-state index in [1.807, 2.05) is 0 Å². The van der Waals surface area contributed by atoms with Gasteiger partial charge in [0.05, 0.1) is 23.7 Å². The van der Waals surface area contributed by atoms with Crippen molar-refractivity contribution in [2.24, 2.45) is 0 Å². The number of hydrogen-bond donors (Lipinski definition) is 2. The van der Waals surface area contributed by atoms with Crippen LogP contribution >= 0.6 is 0 Å². The number of nitrogens with zero attached hydrogens (tertiary/aromatic N) is 1. The van der Waals surface area contributed by atoms with E-state index >= 15 is 4.39 Å². The van der Waals surface area contributed by atoms with Crippen LogP contribution in [0.2, 0.25) is 0 Å². The monoisotopic (exact) mass is 579 g/mol. The Labute approximate surface area is 231 Å². The molecule has 5 rings (SSSR count). The summed E-state index contributed by atoms with van der Waals surface area (Å²) in [7, 11) is -4.45. The second-order valence-electron chi connectivity index (χ2n) is 11.7. The van der Waals surface area contributed by atoms with Gasteiger partial charge in [0.2, 0.25) is 0 Å². The zero-order valence-corrected chi connectivity index (χ0v) is 23.3. The highest BCUT2D eigenvalue weighted by Gasteiger charge is 2.51. The lowest BCUT2D eigenvalue weighted by Crippen LogP contribution is -2.51. The fourth-order valence-electron chi connectivity index (χ4n) is 5.70. The van der Waals surface area contributed by atoms with Gasteiger partial charge < -0.3 is 15.0 Å². The maximum atomic E-state index is 15.3. The Morgan fingerprint density at radius 3 is 2.48 bits per heavy atom. The lowest BCUT2D eigenvalue weighted by Gasteiger charge is -2.38. The highest BCUT2D eigenvalue weighted by molar-refractivity contribution is 7.92. The summed E-state index contributed by atoms with van der Waals surface area (Å²) in [6.07, 6.45) is 0.426. The first-order valence-corrected chi connectivity index (χ1v) is 14.7. The Bertz CT molecular complexity index is 1470. The predicted molar refractivity (Wildman–Crippen MR) is 143 cm³/mol. The van der Waals surface area contributed by atoms with Gasteiger partial charge in [-0.15, -0.1) is 0 Å². The molecule has 2 fully saturated rings. The van der Waals surface area contributed by atoms with Crippen LogP contribution in [-0.2, 0) is 31.4 Å². The van der Waals surface area contributed by atoms with Crippen LogP contribution in [0.25, 0.3) is 0 Å². The molecule has 40 heavy (non-hydrogen) atoms. The molecule has 0 radical (unpaired) electrons. The summed E-state index contributed by atoms with van der Waals surface area (Å²) in [5, 5.41) is 3.17. The molecule has 0 bridgehead atoms. The topological polar surface area (TPSA) is 105 Å². The van der Waals surface area contributed by atoms with Crippen LogP contribution in [0.15, 0.2) is 35.2 Å². The quantitative estimate of drug-likeness (QED) is 0.513. The van der Waals surface area contributed by atoms with Crippen molar-refractivity contribution in [1.29, 1.82) is 0 Å². The van der Waals surface area contributed by atoms with Gasteiger partial charge >= 0.3 is 6.09 Å². The van der Waals surface area contributed by atoms with Crippen LogP contribution in [0.3, 0.4) is 0 Å². The van der Waals surface area contributed by atoms with Crippen molar-refractivity contribution in [2.45, 2.75) is 81.0 Å². The highest BCUT2D eigenvalue weighted by atomic mass is 32.2. The second-order valence-corrected chi connectivity index (χ2v) is 13.4. The fraction of sp³-hybridized carbons (Fsp3) is 0.500. The van der Waals surface area contributed by atoms with Gasteiger partial charge in [0, 0.05) is 24.7 Å². The Balaban J connectivity index is 1.43. The number of piperidine rings is 1. The molecular formula is C28H32F3N3O5S.